The zero-order valence-electron chi connectivity index (χ0n) is 9.13. The van der Waals surface area contributed by atoms with Crippen molar-refractivity contribution < 1.29 is 56.2 Å². The minimum absolute atomic E-state index is 0. The summed E-state index contributed by atoms with van der Waals surface area (Å²) < 4.78 is 50.0. The molecular weight excluding hydrogens is 245 g/mol. The molecule has 0 spiro atoms. The van der Waals surface area contributed by atoms with Crippen LogP contribution in [-0.2, 0) is 28.6 Å². The average molecular weight is 257 g/mol. The summed E-state index contributed by atoms with van der Waals surface area (Å²) in [5.41, 5.74) is 4.98. The first kappa shape index (κ1) is 17.2. The van der Waals surface area contributed by atoms with Crippen LogP contribution in [0.1, 0.15) is 1.43 Å². The van der Waals surface area contributed by atoms with Gasteiger partial charge in [-0.25, -0.2) is 0 Å². The Labute approximate surface area is 107 Å². The summed E-state index contributed by atoms with van der Waals surface area (Å²) in [7, 11) is -6.74. The Morgan fingerprint density at radius 1 is 1.14 bits per heavy atom. The fourth-order valence-corrected chi connectivity index (χ4v) is 3.12. The van der Waals surface area contributed by atoms with Crippen LogP contribution in [0.25, 0.3) is 0 Å². The van der Waals surface area contributed by atoms with Crippen molar-refractivity contribution in [3.05, 3.63) is 0 Å². The normalized spacial score (nSPS) is 12.6. The fraction of sp³-hybridized carbons (Fsp3) is 1.00. The molecule has 0 aliphatic rings. The Balaban J connectivity index is -0.000000720. The quantitative estimate of drug-likeness (QED) is 0.389. The summed E-state index contributed by atoms with van der Waals surface area (Å²) in [5.74, 6) is 0. The van der Waals surface area contributed by atoms with E-state index in [4.69, 9.17) is 5.73 Å². The molecule has 0 atom stereocenters. The minimum Gasteiger partial charge on any atom is -1.00 e. The van der Waals surface area contributed by atoms with Gasteiger partial charge < -0.3 is 7.16 Å². The van der Waals surface area contributed by atoms with Gasteiger partial charge >= 0.3 is 29.6 Å². The van der Waals surface area contributed by atoms with Gasteiger partial charge in [-0.1, -0.05) is 0 Å². The smallest absolute Gasteiger partial charge is 1.00 e. The molecule has 7 nitrogen and oxygen atoms in total. The molecule has 0 fully saturated rings. The van der Waals surface area contributed by atoms with E-state index in [0.717, 1.165) is 14.2 Å². The van der Waals surface area contributed by atoms with Crippen molar-refractivity contribution in [2.45, 2.75) is 4.58 Å². The third-order valence-corrected chi connectivity index (χ3v) is 5.32. The third kappa shape index (κ3) is 4.11. The van der Waals surface area contributed by atoms with Crippen molar-refractivity contribution in [1.82, 2.24) is 0 Å². The maximum absolute atomic E-state index is 11.0. The fourth-order valence-electron chi connectivity index (χ4n) is 0.595. The predicted octanol–water partition coefficient (Wildman–Crippen LogP) is -4.66. The van der Waals surface area contributed by atoms with Gasteiger partial charge in [-0.2, -0.15) is 16.8 Å². The number of hydrogen-bond acceptors (Lipinski definition) is 7. The topological polar surface area (TPSA) is 113 Å². The maximum Gasteiger partial charge on any atom is 1.00 e. The molecule has 0 radical (unpaired) electrons. The second kappa shape index (κ2) is 6.38. The van der Waals surface area contributed by atoms with Crippen LogP contribution in [0.15, 0.2) is 0 Å². The van der Waals surface area contributed by atoms with E-state index in [1.165, 1.54) is 0 Å². The van der Waals surface area contributed by atoms with Crippen molar-refractivity contribution in [2.75, 3.05) is 20.8 Å². The summed E-state index contributed by atoms with van der Waals surface area (Å²) in [6.07, 6.45) is 0. The van der Waals surface area contributed by atoms with Crippen molar-refractivity contribution in [2.24, 2.45) is 5.73 Å². The molecule has 10 heteroatoms. The van der Waals surface area contributed by atoms with Crippen LogP contribution >= 0.6 is 0 Å². The maximum atomic E-state index is 11.0. The summed E-state index contributed by atoms with van der Waals surface area (Å²) in [6, 6.07) is 0. The first-order valence-corrected chi connectivity index (χ1v) is 6.05. The van der Waals surface area contributed by atoms with Gasteiger partial charge in [0, 0.05) is 6.54 Å². The zero-order chi connectivity index (χ0) is 10.7. The standard InChI is InChI=1S/C4H11NO6S2.Na.H/c1-10-12(6,7)4(3-5)13(8,9)11-2;;/h4H,3,5H2,1-2H3;;/q;+1;-1. The molecule has 0 rings (SSSR count). The number of rotatable bonds is 5. The molecule has 0 unspecified atom stereocenters. The van der Waals surface area contributed by atoms with Gasteiger partial charge in [0.05, 0.1) is 14.2 Å². The van der Waals surface area contributed by atoms with Crippen LogP contribution < -0.4 is 35.3 Å². The van der Waals surface area contributed by atoms with E-state index in [1.54, 1.807) is 0 Å². The molecular formula is C4H12NNaO6S2. The SMILES string of the molecule is COS(=O)(=O)C(CN)S(=O)(=O)OC.[H-].[Na+]. The van der Waals surface area contributed by atoms with E-state index >= 15 is 0 Å². The van der Waals surface area contributed by atoms with Gasteiger partial charge in [0.2, 0.25) is 4.58 Å². The van der Waals surface area contributed by atoms with Crippen LogP contribution in [-0.4, -0.2) is 42.2 Å². The van der Waals surface area contributed by atoms with Gasteiger partial charge in [0.15, 0.2) is 0 Å². The largest absolute Gasteiger partial charge is 1.00 e. The Hall–Kier alpha value is 0.780. The Kier molecular flexibility index (Phi) is 7.83. The summed E-state index contributed by atoms with van der Waals surface area (Å²) in [6.45, 7) is -0.619. The van der Waals surface area contributed by atoms with E-state index in [-0.39, 0.29) is 31.0 Å². The summed E-state index contributed by atoms with van der Waals surface area (Å²) >= 11 is 0. The Morgan fingerprint density at radius 2 is 1.43 bits per heavy atom. The van der Waals surface area contributed by atoms with Gasteiger partial charge in [-0.15, -0.1) is 0 Å². The number of hydrogen-bond donors (Lipinski definition) is 1. The minimum atomic E-state index is -4.22. The molecule has 82 valence electrons. The monoisotopic (exact) mass is 257 g/mol. The van der Waals surface area contributed by atoms with Crippen molar-refractivity contribution in [3.8, 4) is 0 Å². The van der Waals surface area contributed by atoms with Crippen LogP contribution in [0.5, 0.6) is 0 Å². The van der Waals surface area contributed by atoms with Gasteiger partial charge in [0.25, 0.3) is 20.2 Å². The summed E-state index contributed by atoms with van der Waals surface area (Å²) in [4.78, 5) is 0. The molecule has 0 bridgehead atoms. The van der Waals surface area contributed by atoms with Crippen LogP contribution in [0.2, 0.25) is 0 Å². The molecule has 0 amide bonds. The summed E-state index contributed by atoms with van der Waals surface area (Å²) in [5, 5.41) is 0. The molecule has 0 aromatic heterocycles. The molecule has 2 N–H and O–H groups in total. The van der Waals surface area contributed by atoms with E-state index in [0.29, 0.717) is 0 Å². The second-order valence-corrected chi connectivity index (χ2v) is 6.06. The Bertz CT molecular complexity index is 319. The second-order valence-electron chi connectivity index (χ2n) is 1.98. The molecule has 0 aliphatic carbocycles. The van der Waals surface area contributed by atoms with Crippen LogP contribution in [0.3, 0.4) is 0 Å². The third-order valence-electron chi connectivity index (χ3n) is 1.30. The molecule has 0 aromatic carbocycles. The molecule has 0 heterocycles. The Morgan fingerprint density at radius 3 is 1.57 bits per heavy atom. The van der Waals surface area contributed by atoms with Crippen molar-refractivity contribution in [1.29, 1.82) is 0 Å². The average Bonchev–Trinajstić information content (AvgIpc) is 2.05. The molecule has 14 heavy (non-hydrogen) atoms. The van der Waals surface area contributed by atoms with Crippen LogP contribution in [0, 0.1) is 0 Å². The van der Waals surface area contributed by atoms with E-state index in [9.17, 15) is 16.8 Å². The predicted molar refractivity (Wildman–Crippen MR) is 45.8 cm³/mol. The zero-order valence-corrected chi connectivity index (χ0v) is 11.8. The van der Waals surface area contributed by atoms with Gasteiger partial charge in [0.1, 0.15) is 0 Å². The molecule has 0 saturated heterocycles. The van der Waals surface area contributed by atoms with Gasteiger partial charge in [-0.3, -0.25) is 8.37 Å². The van der Waals surface area contributed by atoms with Crippen molar-refractivity contribution in [3.63, 3.8) is 0 Å². The molecule has 0 aromatic rings. The number of nitrogens with two attached hydrogens (primary N) is 1. The van der Waals surface area contributed by atoms with Crippen molar-refractivity contribution >= 4 is 20.2 Å². The first-order valence-electron chi connectivity index (χ1n) is 3.10. The molecule has 0 saturated carbocycles. The molecule has 0 aliphatic heterocycles. The first-order chi connectivity index (χ1) is 5.81. The van der Waals surface area contributed by atoms with E-state index in [2.05, 4.69) is 8.37 Å². The van der Waals surface area contributed by atoms with E-state index in [1.807, 2.05) is 0 Å². The van der Waals surface area contributed by atoms with Crippen LogP contribution in [0.4, 0.5) is 0 Å². The van der Waals surface area contributed by atoms with Gasteiger partial charge in [-0.05, 0) is 0 Å². The van der Waals surface area contributed by atoms with E-state index < -0.39 is 31.4 Å².